The molecule has 1 heterocycles. The van der Waals surface area contributed by atoms with E-state index in [1.807, 2.05) is 24.3 Å². The number of unbranched alkanes of at least 4 members (excludes halogenated alkanes) is 2. The van der Waals surface area contributed by atoms with Gasteiger partial charge in [0.05, 0.1) is 5.56 Å². The highest BCUT2D eigenvalue weighted by atomic mass is 19.2. The maximum atomic E-state index is 13.3. The summed E-state index contributed by atoms with van der Waals surface area (Å²) in [6.07, 6.45) is 4.54. The lowest BCUT2D eigenvalue weighted by Crippen LogP contribution is -1.97. The molecule has 0 radical (unpaired) electrons. The summed E-state index contributed by atoms with van der Waals surface area (Å²) < 4.78 is 39.1. The van der Waals surface area contributed by atoms with Crippen LogP contribution in [-0.2, 0) is 6.42 Å². The molecule has 22 heavy (non-hydrogen) atoms. The van der Waals surface area contributed by atoms with E-state index in [0.717, 1.165) is 12.8 Å². The van der Waals surface area contributed by atoms with Crippen molar-refractivity contribution in [3.63, 3.8) is 0 Å². The Labute approximate surface area is 128 Å². The monoisotopic (exact) mass is 303 g/mol. The quantitative estimate of drug-likeness (QED) is 0.456. The van der Waals surface area contributed by atoms with Gasteiger partial charge in [0.15, 0.2) is 5.82 Å². The lowest BCUT2D eigenvalue weighted by molar-refractivity contribution is 0.446. The third kappa shape index (κ3) is 4.36. The lowest BCUT2D eigenvalue weighted by Gasteiger charge is -2.00. The fourth-order valence-electron chi connectivity index (χ4n) is 2.01. The molecule has 2 rings (SSSR count). The van der Waals surface area contributed by atoms with Crippen LogP contribution in [0.4, 0.5) is 13.2 Å². The molecule has 114 valence electrons. The number of benzene rings is 1. The summed E-state index contributed by atoms with van der Waals surface area (Å²) >= 11 is 0. The van der Waals surface area contributed by atoms with E-state index < -0.39 is 17.7 Å². The van der Waals surface area contributed by atoms with Crippen molar-refractivity contribution in [3.8, 4) is 11.8 Å². The summed E-state index contributed by atoms with van der Waals surface area (Å²) in [6.45, 7) is 2.16. The second kappa shape index (κ2) is 7.65. The largest absolute Gasteiger partial charge is 0.251 e. The Kier molecular flexibility index (Phi) is 5.60. The molecule has 4 heteroatoms. The Morgan fingerprint density at radius 3 is 2.36 bits per heavy atom. The first-order valence-corrected chi connectivity index (χ1v) is 7.22. The zero-order valence-electron chi connectivity index (χ0n) is 12.3. The Morgan fingerprint density at radius 2 is 1.68 bits per heavy atom. The first kappa shape index (κ1) is 16.1. The van der Waals surface area contributed by atoms with Crippen LogP contribution >= 0.6 is 0 Å². The Morgan fingerprint density at radius 1 is 0.955 bits per heavy atom. The molecule has 2 aromatic rings. The van der Waals surface area contributed by atoms with Crippen molar-refractivity contribution < 1.29 is 13.2 Å². The molecular formula is C18H16F3N. The second-order valence-electron chi connectivity index (χ2n) is 5.00. The topological polar surface area (TPSA) is 12.9 Å². The normalized spacial score (nSPS) is 10.2. The molecule has 1 nitrogen and oxygen atoms in total. The summed E-state index contributed by atoms with van der Waals surface area (Å²) in [5.74, 6) is 1.42. The third-order valence-electron chi connectivity index (χ3n) is 3.25. The van der Waals surface area contributed by atoms with Gasteiger partial charge in [-0.15, -0.1) is 0 Å². The van der Waals surface area contributed by atoms with Crippen LogP contribution in [0.5, 0.6) is 0 Å². The van der Waals surface area contributed by atoms with Gasteiger partial charge in [0.1, 0.15) is 0 Å². The van der Waals surface area contributed by atoms with Crippen LogP contribution in [0, 0.1) is 29.6 Å². The van der Waals surface area contributed by atoms with Gasteiger partial charge < -0.3 is 0 Å². The van der Waals surface area contributed by atoms with Crippen LogP contribution < -0.4 is 0 Å². The minimum Gasteiger partial charge on any atom is -0.202 e. The van der Waals surface area contributed by atoms with Crippen molar-refractivity contribution in [3.05, 3.63) is 64.7 Å². The number of nitrogens with zero attached hydrogens (tertiary/aromatic N) is 1. The van der Waals surface area contributed by atoms with E-state index >= 15 is 0 Å². The van der Waals surface area contributed by atoms with E-state index in [1.54, 1.807) is 0 Å². The molecule has 0 unspecified atom stereocenters. The Balaban J connectivity index is 2.10. The van der Waals surface area contributed by atoms with Gasteiger partial charge in [-0.3, -0.25) is 0 Å². The zero-order valence-corrected chi connectivity index (χ0v) is 12.3. The average molecular weight is 303 g/mol. The molecule has 1 aromatic heterocycles. The molecule has 0 N–H and O–H groups in total. The molecule has 0 saturated carbocycles. The number of aromatic nitrogens is 1. The van der Waals surface area contributed by atoms with Crippen LogP contribution in [-0.4, -0.2) is 4.98 Å². The molecular weight excluding hydrogens is 287 g/mol. The highest BCUT2D eigenvalue weighted by Gasteiger charge is 2.09. The molecule has 0 aliphatic rings. The molecule has 0 saturated heterocycles. The smallest absolute Gasteiger partial charge is 0.202 e. The fraction of sp³-hybridized carbons (Fsp3) is 0.278. The minimum absolute atomic E-state index is 0.258. The van der Waals surface area contributed by atoms with Gasteiger partial charge in [0.25, 0.3) is 5.95 Å². The van der Waals surface area contributed by atoms with Crippen LogP contribution in [0.3, 0.4) is 0 Å². The number of aryl methyl sites for hydroxylation is 1. The van der Waals surface area contributed by atoms with Crippen molar-refractivity contribution in [2.24, 2.45) is 0 Å². The Hall–Kier alpha value is -2.28. The Bertz CT molecular complexity index is 697. The summed E-state index contributed by atoms with van der Waals surface area (Å²) in [6, 6.07) is 8.32. The predicted octanol–water partition coefficient (Wildman–Crippen LogP) is 4.63. The molecule has 0 aliphatic heterocycles. The van der Waals surface area contributed by atoms with E-state index in [-0.39, 0.29) is 5.56 Å². The number of rotatable bonds is 4. The lowest BCUT2D eigenvalue weighted by atomic mass is 10.1. The first-order chi connectivity index (χ1) is 10.6. The van der Waals surface area contributed by atoms with Gasteiger partial charge in [-0.25, -0.2) is 4.39 Å². The summed E-state index contributed by atoms with van der Waals surface area (Å²) in [5, 5.41) is 0. The van der Waals surface area contributed by atoms with Crippen LogP contribution in [0.2, 0.25) is 0 Å². The highest BCUT2D eigenvalue weighted by Crippen LogP contribution is 2.11. The summed E-state index contributed by atoms with van der Waals surface area (Å²) in [4.78, 5) is 2.83. The molecule has 0 aliphatic carbocycles. The summed E-state index contributed by atoms with van der Waals surface area (Å²) in [7, 11) is 0. The van der Waals surface area contributed by atoms with Crippen LogP contribution in [0.1, 0.15) is 42.9 Å². The van der Waals surface area contributed by atoms with Gasteiger partial charge in [0, 0.05) is 5.56 Å². The third-order valence-corrected chi connectivity index (χ3v) is 3.25. The van der Waals surface area contributed by atoms with E-state index in [4.69, 9.17) is 0 Å². The predicted molar refractivity (Wildman–Crippen MR) is 79.8 cm³/mol. The van der Waals surface area contributed by atoms with Crippen molar-refractivity contribution >= 4 is 0 Å². The number of hydrogen-bond acceptors (Lipinski definition) is 1. The van der Waals surface area contributed by atoms with E-state index in [2.05, 4.69) is 23.7 Å². The second-order valence-corrected chi connectivity index (χ2v) is 5.00. The minimum atomic E-state index is -1.46. The van der Waals surface area contributed by atoms with Gasteiger partial charge in [-0.1, -0.05) is 43.7 Å². The fourth-order valence-corrected chi connectivity index (χ4v) is 2.01. The first-order valence-electron chi connectivity index (χ1n) is 7.22. The molecule has 0 spiro atoms. The van der Waals surface area contributed by atoms with E-state index in [9.17, 15) is 13.2 Å². The number of hydrogen-bond donors (Lipinski definition) is 0. The van der Waals surface area contributed by atoms with Gasteiger partial charge in [-0.05, 0) is 36.6 Å². The average Bonchev–Trinajstić information content (AvgIpc) is 2.51. The molecule has 0 amide bonds. The van der Waals surface area contributed by atoms with Crippen LogP contribution in [0.25, 0.3) is 0 Å². The molecule has 0 atom stereocenters. The highest BCUT2D eigenvalue weighted by molar-refractivity contribution is 5.43. The zero-order chi connectivity index (χ0) is 15.9. The van der Waals surface area contributed by atoms with Crippen LogP contribution in [0.15, 0.2) is 30.3 Å². The number of pyridine rings is 1. The maximum Gasteiger partial charge on any atom is 0.251 e. The molecule has 1 aromatic carbocycles. The van der Waals surface area contributed by atoms with E-state index in [0.29, 0.717) is 11.6 Å². The maximum absolute atomic E-state index is 13.3. The van der Waals surface area contributed by atoms with Crippen molar-refractivity contribution in [2.75, 3.05) is 0 Å². The van der Waals surface area contributed by atoms with Crippen molar-refractivity contribution in [1.82, 2.24) is 4.98 Å². The molecule has 0 fully saturated rings. The summed E-state index contributed by atoms with van der Waals surface area (Å²) in [5.41, 5.74) is 1.65. The van der Waals surface area contributed by atoms with Gasteiger partial charge in [0.2, 0.25) is 5.95 Å². The molecule has 0 bridgehead atoms. The van der Waals surface area contributed by atoms with E-state index in [1.165, 1.54) is 18.4 Å². The number of halogens is 3. The van der Waals surface area contributed by atoms with Crippen molar-refractivity contribution in [1.29, 1.82) is 0 Å². The van der Waals surface area contributed by atoms with Crippen molar-refractivity contribution in [2.45, 2.75) is 32.6 Å². The van der Waals surface area contributed by atoms with Gasteiger partial charge in [-0.2, -0.15) is 13.8 Å². The SMILES string of the molecule is CCCCCc1ccc(C#Cc2cc(F)c(F)nc2F)cc1. The standard InChI is InChI=1S/C18H16F3N/c1-2-3-4-5-13-6-8-14(9-7-13)10-11-15-12-16(19)18(21)22-17(15)20/h6-9,12H,2-5H2,1H3. The van der Waals surface area contributed by atoms with Gasteiger partial charge >= 0.3 is 0 Å².